The van der Waals surface area contributed by atoms with Crippen molar-refractivity contribution in [3.63, 3.8) is 0 Å². The van der Waals surface area contributed by atoms with Gasteiger partial charge < -0.3 is 16.0 Å². The highest BCUT2D eigenvalue weighted by molar-refractivity contribution is 5.81. The van der Waals surface area contributed by atoms with Crippen LogP contribution in [0.15, 0.2) is 0 Å². The van der Waals surface area contributed by atoms with E-state index >= 15 is 0 Å². The lowest BCUT2D eigenvalue weighted by atomic mass is 9.84. The normalized spacial score (nSPS) is 22.2. The minimum Gasteiger partial charge on any atom is -0.353 e. The Morgan fingerprint density at radius 3 is 2.40 bits per heavy atom. The standard InChI is InChI=1S/C14H26N4O2/c1-11(15)13(19)16-5-6-17-7-9-18(10-8-17)14(20)12-3-2-4-12/h11-12H,2-10,15H2,1H3,(H,16,19)/t11-/m1/s1. The Balaban J connectivity index is 1.61. The van der Waals surface area contributed by atoms with Gasteiger partial charge in [-0.2, -0.15) is 0 Å². The molecule has 0 aromatic rings. The van der Waals surface area contributed by atoms with Gasteiger partial charge in [0.2, 0.25) is 11.8 Å². The number of amides is 2. The van der Waals surface area contributed by atoms with Gasteiger partial charge in [-0.25, -0.2) is 0 Å². The number of hydrogen-bond donors (Lipinski definition) is 2. The molecule has 3 N–H and O–H groups in total. The maximum Gasteiger partial charge on any atom is 0.236 e. The summed E-state index contributed by atoms with van der Waals surface area (Å²) < 4.78 is 0. The van der Waals surface area contributed by atoms with E-state index in [2.05, 4.69) is 10.2 Å². The van der Waals surface area contributed by atoms with E-state index in [1.807, 2.05) is 4.90 Å². The lowest BCUT2D eigenvalue weighted by Gasteiger charge is -2.38. The van der Waals surface area contributed by atoms with Gasteiger partial charge in [0.05, 0.1) is 6.04 Å². The molecule has 2 aliphatic rings. The van der Waals surface area contributed by atoms with Crippen molar-refractivity contribution in [1.82, 2.24) is 15.1 Å². The molecule has 1 saturated heterocycles. The van der Waals surface area contributed by atoms with Gasteiger partial charge in [-0.15, -0.1) is 0 Å². The summed E-state index contributed by atoms with van der Waals surface area (Å²) in [6.45, 7) is 6.55. The Bertz CT molecular complexity index is 347. The number of carbonyl (C=O) groups excluding carboxylic acids is 2. The first-order valence-electron chi connectivity index (χ1n) is 7.62. The van der Waals surface area contributed by atoms with Crippen LogP contribution in [0.5, 0.6) is 0 Å². The largest absolute Gasteiger partial charge is 0.353 e. The fourth-order valence-corrected chi connectivity index (χ4v) is 2.60. The van der Waals surface area contributed by atoms with Crippen molar-refractivity contribution in [3.05, 3.63) is 0 Å². The Morgan fingerprint density at radius 1 is 1.25 bits per heavy atom. The number of carbonyl (C=O) groups is 2. The summed E-state index contributed by atoms with van der Waals surface area (Å²) >= 11 is 0. The Morgan fingerprint density at radius 2 is 1.90 bits per heavy atom. The van der Waals surface area contributed by atoms with Crippen molar-refractivity contribution in [3.8, 4) is 0 Å². The predicted octanol–water partition coefficient (Wildman–Crippen LogP) is -0.606. The van der Waals surface area contributed by atoms with Crippen LogP contribution < -0.4 is 11.1 Å². The van der Waals surface area contributed by atoms with E-state index in [0.29, 0.717) is 18.4 Å². The van der Waals surface area contributed by atoms with Crippen molar-refractivity contribution in [1.29, 1.82) is 0 Å². The molecule has 0 aromatic carbocycles. The first-order chi connectivity index (χ1) is 9.58. The van der Waals surface area contributed by atoms with E-state index in [-0.39, 0.29) is 5.91 Å². The second-order valence-corrected chi connectivity index (χ2v) is 5.87. The van der Waals surface area contributed by atoms with Gasteiger partial charge in [0.25, 0.3) is 0 Å². The molecule has 20 heavy (non-hydrogen) atoms. The fraction of sp³-hybridized carbons (Fsp3) is 0.857. The molecular formula is C14H26N4O2. The molecule has 114 valence electrons. The number of nitrogens with one attached hydrogen (secondary N) is 1. The first-order valence-corrected chi connectivity index (χ1v) is 7.62. The average Bonchev–Trinajstić information content (AvgIpc) is 2.37. The summed E-state index contributed by atoms with van der Waals surface area (Å²) in [5.41, 5.74) is 5.48. The monoisotopic (exact) mass is 282 g/mol. The van der Waals surface area contributed by atoms with Gasteiger partial charge in [-0.05, 0) is 19.8 Å². The van der Waals surface area contributed by atoms with Crippen LogP contribution in [-0.2, 0) is 9.59 Å². The van der Waals surface area contributed by atoms with Crippen LogP contribution >= 0.6 is 0 Å². The number of rotatable bonds is 5. The molecule has 1 heterocycles. The van der Waals surface area contributed by atoms with Crippen molar-refractivity contribution in [2.24, 2.45) is 11.7 Å². The summed E-state index contributed by atoms with van der Waals surface area (Å²) in [7, 11) is 0. The molecule has 1 saturated carbocycles. The fourth-order valence-electron chi connectivity index (χ4n) is 2.60. The van der Waals surface area contributed by atoms with E-state index in [0.717, 1.165) is 45.6 Å². The summed E-state index contributed by atoms with van der Waals surface area (Å²) in [6, 6.07) is -0.452. The van der Waals surface area contributed by atoms with Crippen LogP contribution in [-0.4, -0.2) is 66.9 Å². The highest BCUT2D eigenvalue weighted by Gasteiger charge is 2.30. The summed E-state index contributed by atoms with van der Waals surface area (Å²) in [5, 5.41) is 2.81. The zero-order valence-electron chi connectivity index (χ0n) is 12.3. The second-order valence-electron chi connectivity index (χ2n) is 5.87. The van der Waals surface area contributed by atoms with Crippen LogP contribution in [0.1, 0.15) is 26.2 Å². The summed E-state index contributed by atoms with van der Waals surface area (Å²) in [6.07, 6.45) is 3.35. The molecule has 0 bridgehead atoms. The third kappa shape index (κ3) is 3.93. The summed E-state index contributed by atoms with van der Waals surface area (Å²) in [4.78, 5) is 27.7. The molecule has 0 radical (unpaired) electrons. The SMILES string of the molecule is C[C@@H](N)C(=O)NCCN1CCN(C(=O)C2CCC2)CC1. The highest BCUT2D eigenvalue weighted by atomic mass is 16.2. The molecule has 2 rings (SSSR count). The Kier molecular flexibility index (Phi) is 5.37. The van der Waals surface area contributed by atoms with Crippen LogP contribution in [0.4, 0.5) is 0 Å². The lowest BCUT2D eigenvalue weighted by molar-refractivity contribution is -0.139. The minimum atomic E-state index is -0.452. The molecule has 2 amide bonds. The Labute approximate surface area is 120 Å². The van der Waals surface area contributed by atoms with E-state index in [4.69, 9.17) is 5.73 Å². The maximum absolute atomic E-state index is 12.1. The van der Waals surface area contributed by atoms with Crippen LogP contribution in [0, 0.1) is 5.92 Å². The van der Waals surface area contributed by atoms with Crippen molar-refractivity contribution >= 4 is 11.8 Å². The molecule has 0 spiro atoms. The van der Waals surface area contributed by atoms with Crippen molar-refractivity contribution < 1.29 is 9.59 Å². The molecule has 2 fully saturated rings. The van der Waals surface area contributed by atoms with Crippen LogP contribution in [0.25, 0.3) is 0 Å². The van der Waals surface area contributed by atoms with Crippen LogP contribution in [0.2, 0.25) is 0 Å². The van der Waals surface area contributed by atoms with Crippen molar-refractivity contribution in [2.75, 3.05) is 39.3 Å². The quantitative estimate of drug-likeness (QED) is 0.705. The van der Waals surface area contributed by atoms with Gasteiger partial charge >= 0.3 is 0 Å². The molecular weight excluding hydrogens is 256 g/mol. The molecule has 6 heteroatoms. The molecule has 0 aromatic heterocycles. The predicted molar refractivity (Wildman–Crippen MR) is 77.0 cm³/mol. The van der Waals surface area contributed by atoms with E-state index in [1.54, 1.807) is 6.92 Å². The number of piperazine rings is 1. The van der Waals surface area contributed by atoms with E-state index in [9.17, 15) is 9.59 Å². The third-order valence-electron chi connectivity index (χ3n) is 4.28. The lowest BCUT2D eigenvalue weighted by Crippen LogP contribution is -2.52. The van der Waals surface area contributed by atoms with Crippen LogP contribution in [0.3, 0.4) is 0 Å². The van der Waals surface area contributed by atoms with Crippen molar-refractivity contribution in [2.45, 2.75) is 32.2 Å². The Hall–Kier alpha value is -1.14. The molecule has 0 unspecified atom stereocenters. The zero-order chi connectivity index (χ0) is 14.5. The number of nitrogens with zero attached hydrogens (tertiary/aromatic N) is 2. The van der Waals surface area contributed by atoms with Gasteiger partial charge in [0.1, 0.15) is 0 Å². The first kappa shape index (κ1) is 15.3. The maximum atomic E-state index is 12.1. The number of nitrogens with two attached hydrogens (primary N) is 1. The number of hydrogen-bond acceptors (Lipinski definition) is 4. The average molecular weight is 282 g/mol. The van der Waals surface area contributed by atoms with Gasteiger partial charge in [0, 0.05) is 45.2 Å². The zero-order valence-corrected chi connectivity index (χ0v) is 12.3. The smallest absolute Gasteiger partial charge is 0.236 e. The summed E-state index contributed by atoms with van der Waals surface area (Å²) in [5.74, 6) is 0.539. The molecule has 1 aliphatic heterocycles. The van der Waals surface area contributed by atoms with Gasteiger partial charge in [-0.1, -0.05) is 6.42 Å². The van der Waals surface area contributed by atoms with Gasteiger partial charge in [-0.3, -0.25) is 14.5 Å². The molecule has 1 atom stereocenters. The molecule has 6 nitrogen and oxygen atoms in total. The third-order valence-corrected chi connectivity index (χ3v) is 4.28. The second kappa shape index (κ2) is 7.04. The van der Waals surface area contributed by atoms with Gasteiger partial charge in [0.15, 0.2) is 0 Å². The highest BCUT2D eigenvalue weighted by Crippen LogP contribution is 2.28. The topological polar surface area (TPSA) is 78.7 Å². The molecule has 1 aliphatic carbocycles. The minimum absolute atomic E-state index is 0.108. The van der Waals surface area contributed by atoms with E-state index in [1.165, 1.54) is 6.42 Å². The van der Waals surface area contributed by atoms with E-state index < -0.39 is 6.04 Å².